The molecule has 5 heteroatoms. The van der Waals surface area contributed by atoms with Crippen LogP contribution in [0.5, 0.6) is 5.75 Å². The summed E-state index contributed by atoms with van der Waals surface area (Å²) >= 11 is 0. The molecule has 0 aliphatic carbocycles. The summed E-state index contributed by atoms with van der Waals surface area (Å²) in [5.74, 6) is 2.31. The molecule has 2 atom stereocenters. The van der Waals surface area contributed by atoms with Crippen molar-refractivity contribution in [3.63, 3.8) is 0 Å². The van der Waals surface area contributed by atoms with Crippen molar-refractivity contribution in [3.8, 4) is 5.75 Å². The van der Waals surface area contributed by atoms with Crippen LogP contribution in [0.25, 0.3) is 0 Å². The molecule has 2 aromatic rings. The molecule has 0 radical (unpaired) electrons. The minimum atomic E-state index is 0.159. The number of fused-ring (bicyclic) bond motifs is 1. The van der Waals surface area contributed by atoms with Crippen LogP contribution in [-0.4, -0.2) is 37.1 Å². The van der Waals surface area contributed by atoms with Crippen LogP contribution in [0.3, 0.4) is 0 Å². The summed E-state index contributed by atoms with van der Waals surface area (Å²) in [5, 5.41) is 0. The number of hydrogen-bond acceptors (Lipinski definition) is 5. The van der Waals surface area contributed by atoms with E-state index in [0.717, 1.165) is 18.1 Å². The fourth-order valence-electron chi connectivity index (χ4n) is 3.05. The summed E-state index contributed by atoms with van der Waals surface area (Å²) in [6.07, 6.45) is 1.92. The second kappa shape index (κ2) is 6.01. The Labute approximate surface area is 135 Å². The lowest BCUT2D eigenvalue weighted by atomic mass is 10.0. The number of benzene rings is 1. The zero-order chi connectivity index (χ0) is 15.6. The number of ether oxygens (including phenoxy) is 2. The molecule has 1 aromatic heterocycles. The Kier molecular flexibility index (Phi) is 3.71. The van der Waals surface area contributed by atoms with Crippen LogP contribution in [-0.2, 0) is 4.74 Å². The van der Waals surface area contributed by atoms with Gasteiger partial charge in [-0.15, -0.1) is 0 Å². The molecule has 0 saturated carbocycles. The summed E-state index contributed by atoms with van der Waals surface area (Å²) in [7, 11) is 0. The molecule has 0 N–H and O–H groups in total. The fraction of sp³-hybridized carbons (Fsp3) is 0.333. The van der Waals surface area contributed by atoms with Crippen molar-refractivity contribution in [2.75, 3.05) is 24.7 Å². The molecule has 2 aliphatic heterocycles. The van der Waals surface area contributed by atoms with E-state index in [1.165, 1.54) is 5.56 Å². The molecule has 0 spiro atoms. The lowest BCUT2D eigenvalue weighted by Crippen LogP contribution is -2.44. The third kappa shape index (κ3) is 2.80. The SMILES string of the molecule is C[C@@H]1CN(c2ccc3c(n2)N=CCO3)[C@H](c2ccccc2)CO1. The van der Waals surface area contributed by atoms with Crippen molar-refractivity contribution in [3.05, 3.63) is 48.0 Å². The lowest BCUT2D eigenvalue weighted by Gasteiger charge is -2.40. The first-order valence-electron chi connectivity index (χ1n) is 7.91. The highest BCUT2D eigenvalue weighted by molar-refractivity contribution is 5.69. The first kappa shape index (κ1) is 14.2. The lowest BCUT2D eigenvalue weighted by molar-refractivity contribution is 0.0300. The molecule has 1 fully saturated rings. The maximum atomic E-state index is 5.89. The molecule has 5 nitrogen and oxygen atoms in total. The van der Waals surface area contributed by atoms with Crippen LogP contribution >= 0.6 is 0 Å². The van der Waals surface area contributed by atoms with Gasteiger partial charge in [0, 0.05) is 12.8 Å². The second-order valence-corrected chi connectivity index (χ2v) is 5.84. The molecule has 2 aliphatic rings. The van der Waals surface area contributed by atoms with E-state index in [4.69, 9.17) is 14.5 Å². The smallest absolute Gasteiger partial charge is 0.196 e. The van der Waals surface area contributed by atoms with E-state index in [0.29, 0.717) is 19.0 Å². The Morgan fingerprint density at radius 2 is 2.00 bits per heavy atom. The summed E-state index contributed by atoms with van der Waals surface area (Å²) in [6, 6.07) is 14.5. The van der Waals surface area contributed by atoms with Gasteiger partial charge in [0.15, 0.2) is 11.6 Å². The predicted molar refractivity (Wildman–Crippen MR) is 89.8 cm³/mol. The van der Waals surface area contributed by atoms with Gasteiger partial charge in [0.2, 0.25) is 0 Å². The van der Waals surface area contributed by atoms with E-state index in [9.17, 15) is 0 Å². The molecular weight excluding hydrogens is 290 g/mol. The number of nitrogens with zero attached hydrogens (tertiary/aromatic N) is 3. The maximum absolute atomic E-state index is 5.89. The highest BCUT2D eigenvalue weighted by Crippen LogP contribution is 2.35. The largest absolute Gasteiger partial charge is 0.484 e. The monoisotopic (exact) mass is 309 g/mol. The highest BCUT2D eigenvalue weighted by atomic mass is 16.5. The van der Waals surface area contributed by atoms with Gasteiger partial charge in [-0.25, -0.2) is 9.98 Å². The van der Waals surface area contributed by atoms with Crippen LogP contribution in [0.1, 0.15) is 18.5 Å². The number of anilines is 1. The van der Waals surface area contributed by atoms with Crippen molar-refractivity contribution in [2.24, 2.45) is 4.99 Å². The summed E-state index contributed by atoms with van der Waals surface area (Å²) in [4.78, 5) is 11.3. The van der Waals surface area contributed by atoms with Crippen LogP contribution in [0.4, 0.5) is 11.6 Å². The molecule has 0 bridgehead atoms. The number of rotatable bonds is 2. The third-order valence-corrected chi connectivity index (χ3v) is 4.20. The third-order valence-electron chi connectivity index (χ3n) is 4.20. The predicted octanol–water partition coefficient (Wildman–Crippen LogP) is 3.14. The quantitative estimate of drug-likeness (QED) is 0.855. The van der Waals surface area contributed by atoms with Gasteiger partial charge in [0.05, 0.1) is 18.8 Å². The molecule has 1 aromatic carbocycles. The topological polar surface area (TPSA) is 47.0 Å². The van der Waals surface area contributed by atoms with E-state index < -0.39 is 0 Å². The summed E-state index contributed by atoms with van der Waals surface area (Å²) < 4.78 is 11.4. The molecule has 0 unspecified atom stereocenters. The Balaban J connectivity index is 1.70. The van der Waals surface area contributed by atoms with Gasteiger partial charge in [-0.1, -0.05) is 30.3 Å². The first-order chi connectivity index (χ1) is 11.3. The number of pyridine rings is 1. The van der Waals surface area contributed by atoms with E-state index in [2.05, 4.69) is 41.1 Å². The zero-order valence-corrected chi connectivity index (χ0v) is 13.1. The van der Waals surface area contributed by atoms with Gasteiger partial charge in [-0.2, -0.15) is 0 Å². The average Bonchev–Trinajstić information content (AvgIpc) is 2.62. The normalized spacial score (nSPS) is 23.3. The zero-order valence-electron chi connectivity index (χ0n) is 13.1. The van der Waals surface area contributed by atoms with Crippen molar-refractivity contribution in [1.29, 1.82) is 0 Å². The molecule has 1 saturated heterocycles. The van der Waals surface area contributed by atoms with Crippen LogP contribution in [0.2, 0.25) is 0 Å². The number of aliphatic imine (C=N–C) groups is 1. The van der Waals surface area contributed by atoms with Crippen molar-refractivity contribution < 1.29 is 9.47 Å². The van der Waals surface area contributed by atoms with Gasteiger partial charge in [-0.05, 0) is 24.6 Å². The van der Waals surface area contributed by atoms with E-state index in [1.54, 1.807) is 6.21 Å². The van der Waals surface area contributed by atoms with E-state index >= 15 is 0 Å². The van der Waals surface area contributed by atoms with Gasteiger partial charge in [-0.3, -0.25) is 0 Å². The molecule has 23 heavy (non-hydrogen) atoms. The van der Waals surface area contributed by atoms with Gasteiger partial charge in [0.1, 0.15) is 12.4 Å². The molecule has 118 valence electrons. The minimum absolute atomic E-state index is 0.159. The number of morpholine rings is 1. The van der Waals surface area contributed by atoms with Crippen molar-refractivity contribution in [2.45, 2.75) is 19.1 Å². The van der Waals surface area contributed by atoms with Crippen molar-refractivity contribution in [1.82, 2.24) is 4.98 Å². The van der Waals surface area contributed by atoms with E-state index in [-0.39, 0.29) is 12.1 Å². The average molecular weight is 309 g/mol. The van der Waals surface area contributed by atoms with Gasteiger partial charge in [0.25, 0.3) is 0 Å². The molecule has 0 amide bonds. The van der Waals surface area contributed by atoms with Crippen LogP contribution < -0.4 is 9.64 Å². The van der Waals surface area contributed by atoms with Crippen molar-refractivity contribution >= 4 is 17.9 Å². The standard InChI is InChI=1S/C18H19N3O2/c1-13-11-21(15(12-23-13)14-5-3-2-4-6-14)17-8-7-16-18(20-17)19-9-10-22-16/h2-9,13,15H,10-12H2,1H3/t13-,15+/m1/s1. The Morgan fingerprint density at radius 1 is 1.13 bits per heavy atom. The Bertz CT molecular complexity index is 717. The molecule has 4 rings (SSSR count). The molecular formula is C18H19N3O2. The van der Waals surface area contributed by atoms with Crippen LogP contribution in [0, 0.1) is 0 Å². The highest BCUT2D eigenvalue weighted by Gasteiger charge is 2.29. The Hall–Kier alpha value is -2.40. The van der Waals surface area contributed by atoms with Gasteiger partial charge < -0.3 is 14.4 Å². The second-order valence-electron chi connectivity index (χ2n) is 5.84. The number of aromatic nitrogens is 1. The summed E-state index contributed by atoms with van der Waals surface area (Å²) in [5.41, 5.74) is 1.23. The summed E-state index contributed by atoms with van der Waals surface area (Å²) in [6.45, 7) is 4.06. The van der Waals surface area contributed by atoms with E-state index in [1.807, 2.05) is 18.2 Å². The van der Waals surface area contributed by atoms with Crippen LogP contribution in [0.15, 0.2) is 47.5 Å². The maximum Gasteiger partial charge on any atom is 0.196 e. The Morgan fingerprint density at radius 3 is 2.87 bits per heavy atom. The van der Waals surface area contributed by atoms with Gasteiger partial charge >= 0.3 is 0 Å². The first-order valence-corrected chi connectivity index (χ1v) is 7.91. The fourth-order valence-corrected chi connectivity index (χ4v) is 3.05. The molecule has 3 heterocycles. The minimum Gasteiger partial charge on any atom is -0.484 e. The number of hydrogen-bond donors (Lipinski definition) is 0.